The van der Waals surface area contributed by atoms with E-state index in [0.29, 0.717) is 28.5 Å². The first kappa shape index (κ1) is 16.6. The lowest BCUT2D eigenvalue weighted by Crippen LogP contribution is -2.14. The van der Waals surface area contributed by atoms with Gasteiger partial charge in [0, 0.05) is 37.4 Å². The van der Waals surface area contributed by atoms with E-state index in [2.05, 4.69) is 25.4 Å². The van der Waals surface area contributed by atoms with Crippen LogP contribution in [0.4, 0.5) is 5.69 Å². The lowest BCUT2D eigenvalue weighted by Gasteiger charge is -2.06. The molecular weight excluding hydrogens is 340 g/mol. The molecule has 27 heavy (non-hydrogen) atoms. The van der Waals surface area contributed by atoms with Crippen LogP contribution in [-0.2, 0) is 7.05 Å². The van der Waals surface area contributed by atoms with Crippen LogP contribution >= 0.6 is 0 Å². The van der Waals surface area contributed by atoms with E-state index in [1.54, 1.807) is 48.6 Å². The van der Waals surface area contributed by atoms with E-state index < -0.39 is 0 Å². The van der Waals surface area contributed by atoms with Crippen LogP contribution in [0.15, 0.2) is 73.3 Å². The minimum atomic E-state index is -0.309. The number of aromatic nitrogens is 5. The fourth-order valence-corrected chi connectivity index (χ4v) is 2.70. The average Bonchev–Trinajstić information content (AvgIpc) is 3.09. The lowest BCUT2D eigenvalue weighted by atomic mass is 10.1. The molecule has 0 aliphatic rings. The number of anilines is 1. The average molecular weight is 356 g/mol. The molecule has 4 heterocycles. The minimum absolute atomic E-state index is 0.309. The normalized spacial score (nSPS) is 10.6. The van der Waals surface area contributed by atoms with Gasteiger partial charge in [0.05, 0.1) is 17.1 Å². The first-order chi connectivity index (χ1) is 13.2. The van der Waals surface area contributed by atoms with Gasteiger partial charge in [-0.2, -0.15) is 5.10 Å². The number of hydrogen-bond donors (Lipinski definition) is 1. The van der Waals surface area contributed by atoms with Gasteiger partial charge in [-0.3, -0.25) is 19.4 Å². The van der Waals surface area contributed by atoms with Crippen molar-refractivity contribution in [3.63, 3.8) is 0 Å². The molecule has 0 unspecified atom stereocenters. The summed E-state index contributed by atoms with van der Waals surface area (Å²) in [5, 5.41) is 7.29. The second-order valence-electron chi connectivity index (χ2n) is 5.88. The maximum Gasteiger partial charge on any atom is 0.274 e. The topological polar surface area (TPSA) is 85.6 Å². The number of rotatable bonds is 4. The van der Waals surface area contributed by atoms with E-state index in [4.69, 9.17) is 0 Å². The van der Waals surface area contributed by atoms with Gasteiger partial charge in [0.15, 0.2) is 0 Å². The molecule has 0 fully saturated rings. The fraction of sp³-hybridized carbons (Fsp3) is 0.0500. The van der Waals surface area contributed by atoms with Gasteiger partial charge in [-0.15, -0.1) is 0 Å². The highest BCUT2D eigenvalue weighted by atomic mass is 16.1. The molecule has 4 rings (SSSR count). The van der Waals surface area contributed by atoms with Crippen LogP contribution in [0.2, 0.25) is 0 Å². The molecule has 0 saturated carbocycles. The Balaban J connectivity index is 1.63. The van der Waals surface area contributed by atoms with Gasteiger partial charge in [-0.25, -0.2) is 4.98 Å². The lowest BCUT2D eigenvalue weighted by molar-refractivity contribution is 0.102. The van der Waals surface area contributed by atoms with E-state index >= 15 is 0 Å². The largest absolute Gasteiger partial charge is 0.317 e. The third kappa shape index (κ3) is 3.57. The third-order valence-corrected chi connectivity index (χ3v) is 3.94. The van der Waals surface area contributed by atoms with Crippen molar-refractivity contribution in [2.24, 2.45) is 7.05 Å². The summed E-state index contributed by atoms with van der Waals surface area (Å²) in [7, 11) is 1.80. The molecule has 0 radical (unpaired) electrons. The Morgan fingerprint density at radius 1 is 0.963 bits per heavy atom. The molecule has 132 valence electrons. The van der Waals surface area contributed by atoms with Gasteiger partial charge in [0.25, 0.3) is 5.91 Å². The number of amides is 1. The van der Waals surface area contributed by atoms with Crippen LogP contribution in [0, 0.1) is 0 Å². The van der Waals surface area contributed by atoms with Gasteiger partial charge >= 0.3 is 0 Å². The predicted octanol–water partition coefficient (Wildman–Crippen LogP) is 3.19. The molecule has 0 aliphatic carbocycles. The molecule has 7 nitrogen and oxygen atoms in total. The van der Waals surface area contributed by atoms with Crippen molar-refractivity contribution in [2.45, 2.75) is 0 Å². The van der Waals surface area contributed by atoms with Crippen molar-refractivity contribution in [3.05, 3.63) is 79.0 Å². The Bertz CT molecular complexity index is 1080. The van der Waals surface area contributed by atoms with E-state index in [9.17, 15) is 4.79 Å². The summed E-state index contributed by atoms with van der Waals surface area (Å²) in [5.41, 5.74) is 3.80. The monoisotopic (exact) mass is 356 g/mol. The summed E-state index contributed by atoms with van der Waals surface area (Å²) in [4.78, 5) is 25.5. The summed E-state index contributed by atoms with van der Waals surface area (Å²) < 4.78 is 1.64. The van der Waals surface area contributed by atoms with Crippen LogP contribution in [-0.4, -0.2) is 30.6 Å². The smallest absolute Gasteiger partial charge is 0.274 e. The van der Waals surface area contributed by atoms with E-state index in [-0.39, 0.29) is 5.91 Å². The number of pyridine rings is 3. The number of aryl methyl sites for hydroxylation is 1. The Labute approximate surface area is 155 Å². The first-order valence-electron chi connectivity index (χ1n) is 8.34. The van der Waals surface area contributed by atoms with Crippen LogP contribution < -0.4 is 5.32 Å². The minimum Gasteiger partial charge on any atom is -0.317 e. The molecule has 0 atom stereocenters. The Hall–Kier alpha value is -3.87. The molecular formula is C20H16N6O. The Kier molecular flexibility index (Phi) is 4.40. The molecule has 0 spiro atoms. The van der Waals surface area contributed by atoms with Crippen molar-refractivity contribution < 1.29 is 4.79 Å². The zero-order valence-electron chi connectivity index (χ0n) is 14.6. The first-order valence-corrected chi connectivity index (χ1v) is 8.34. The summed E-state index contributed by atoms with van der Waals surface area (Å²) in [5.74, 6) is -0.309. The maximum absolute atomic E-state index is 12.7. The van der Waals surface area contributed by atoms with Crippen molar-refractivity contribution in [1.29, 1.82) is 0 Å². The number of nitrogens with zero attached hydrogens (tertiary/aromatic N) is 5. The molecule has 7 heteroatoms. The quantitative estimate of drug-likeness (QED) is 0.607. The van der Waals surface area contributed by atoms with Crippen molar-refractivity contribution in [1.82, 2.24) is 24.7 Å². The Morgan fingerprint density at radius 2 is 1.78 bits per heavy atom. The number of carbonyl (C=O) groups is 1. The number of nitrogens with one attached hydrogen (secondary N) is 1. The van der Waals surface area contributed by atoms with Gasteiger partial charge in [0.2, 0.25) is 0 Å². The molecule has 4 aromatic heterocycles. The zero-order chi connectivity index (χ0) is 18.6. The SMILES string of the molecule is Cn1cc(NC(=O)c2cccc(-c3ccncc3)n2)c(-c2ccccn2)n1. The van der Waals surface area contributed by atoms with E-state index in [0.717, 1.165) is 5.56 Å². The van der Waals surface area contributed by atoms with Crippen LogP contribution in [0.25, 0.3) is 22.6 Å². The van der Waals surface area contributed by atoms with Crippen LogP contribution in [0.1, 0.15) is 10.5 Å². The fourth-order valence-electron chi connectivity index (χ4n) is 2.70. The molecule has 0 aliphatic heterocycles. The molecule has 1 amide bonds. The zero-order valence-corrected chi connectivity index (χ0v) is 14.6. The van der Waals surface area contributed by atoms with Gasteiger partial charge in [-0.05, 0) is 36.4 Å². The van der Waals surface area contributed by atoms with Gasteiger partial charge in [0.1, 0.15) is 11.4 Å². The van der Waals surface area contributed by atoms with Gasteiger partial charge in [-0.1, -0.05) is 12.1 Å². The van der Waals surface area contributed by atoms with E-state index in [1.807, 2.05) is 36.4 Å². The second kappa shape index (κ2) is 7.17. The van der Waals surface area contributed by atoms with Crippen LogP contribution in [0.3, 0.4) is 0 Å². The number of carbonyl (C=O) groups excluding carboxylic acids is 1. The predicted molar refractivity (Wildman–Crippen MR) is 102 cm³/mol. The van der Waals surface area contributed by atoms with Crippen molar-refractivity contribution >= 4 is 11.6 Å². The van der Waals surface area contributed by atoms with E-state index in [1.165, 1.54) is 0 Å². The van der Waals surface area contributed by atoms with Crippen LogP contribution in [0.5, 0.6) is 0 Å². The summed E-state index contributed by atoms with van der Waals surface area (Å²) in [6, 6.07) is 14.6. The molecule has 0 saturated heterocycles. The summed E-state index contributed by atoms with van der Waals surface area (Å²) in [6.07, 6.45) is 6.82. The molecule has 0 bridgehead atoms. The highest BCUT2D eigenvalue weighted by molar-refractivity contribution is 6.04. The maximum atomic E-state index is 12.7. The summed E-state index contributed by atoms with van der Waals surface area (Å²) in [6.45, 7) is 0. The van der Waals surface area contributed by atoms with Gasteiger partial charge < -0.3 is 5.32 Å². The van der Waals surface area contributed by atoms with Crippen molar-refractivity contribution in [2.75, 3.05) is 5.32 Å². The molecule has 0 aromatic carbocycles. The third-order valence-electron chi connectivity index (χ3n) is 3.94. The Morgan fingerprint density at radius 3 is 2.56 bits per heavy atom. The second-order valence-corrected chi connectivity index (χ2v) is 5.88. The standard InChI is InChI=1S/C20H16N6O/c1-26-13-18(19(25-26)16-5-2-3-10-22-16)24-20(27)17-7-4-6-15(23-17)14-8-11-21-12-9-14/h2-13H,1H3,(H,24,27). The highest BCUT2D eigenvalue weighted by Gasteiger charge is 2.16. The van der Waals surface area contributed by atoms with Crippen molar-refractivity contribution in [3.8, 4) is 22.6 Å². The highest BCUT2D eigenvalue weighted by Crippen LogP contribution is 2.25. The number of hydrogen-bond acceptors (Lipinski definition) is 5. The molecule has 4 aromatic rings. The molecule has 1 N–H and O–H groups in total. The summed E-state index contributed by atoms with van der Waals surface area (Å²) >= 11 is 0.